The minimum Gasteiger partial charge on any atom is -0.456 e. The molecule has 0 saturated carbocycles. The summed E-state index contributed by atoms with van der Waals surface area (Å²) in [5.41, 5.74) is 9.55. The molecule has 4 heteroatoms. The fourth-order valence-electron chi connectivity index (χ4n) is 7.79. The molecule has 9 rings (SSSR count). The number of rotatable bonds is 7. The molecule has 0 aliphatic rings. The van der Waals surface area contributed by atoms with Crippen molar-refractivity contribution in [2.45, 2.75) is 28.5 Å². The van der Waals surface area contributed by atoms with E-state index in [2.05, 4.69) is 202 Å². The molecule has 0 unspecified atom stereocenters. The van der Waals surface area contributed by atoms with Gasteiger partial charge < -0.3 is 4.42 Å². The first kappa shape index (κ1) is 36.1. The maximum atomic E-state index is 6.14. The highest BCUT2D eigenvalue weighted by molar-refractivity contribution is 7.97. The standard InChI is InChI=1S/C27H21OS2.C24H20B/c1-18-7-11-20(12-8-18)30(21-13-9-19(2)10-14-21)22-15-16-26-24(17-22)27(29)23-5-3-4-6-25(23)28-26;1-5-13-21(14-6-1)25(22-15-7-2-8-16-22,23-17-9-3-10-18-23)24-19-11-4-12-20-24/h3-17H,1-2H3;1-20H/q+1;-1. The highest BCUT2D eigenvalue weighted by atomic mass is 32.2. The molecule has 0 spiro atoms. The van der Waals surface area contributed by atoms with E-state index in [1.54, 1.807) is 0 Å². The second kappa shape index (κ2) is 16.2. The van der Waals surface area contributed by atoms with E-state index in [0.29, 0.717) is 0 Å². The molecular formula is C51H41BOS2. The summed E-state index contributed by atoms with van der Waals surface area (Å²) in [5.74, 6) is 0. The highest BCUT2D eigenvalue weighted by Gasteiger charge is 2.31. The Labute approximate surface area is 332 Å². The van der Waals surface area contributed by atoms with Gasteiger partial charge in [-0.15, -0.1) is 0 Å². The first-order valence-corrected chi connectivity index (χ1v) is 20.4. The van der Waals surface area contributed by atoms with Crippen molar-refractivity contribution in [2.75, 3.05) is 0 Å². The van der Waals surface area contributed by atoms with Crippen LogP contribution in [0.5, 0.6) is 0 Å². The Bertz CT molecular complexity index is 2500. The van der Waals surface area contributed by atoms with E-state index in [1.165, 1.54) is 47.7 Å². The molecule has 266 valence electrons. The predicted octanol–water partition coefficient (Wildman–Crippen LogP) is 11.1. The summed E-state index contributed by atoms with van der Waals surface area (Å²) in [6.07, 6.45) is -1.22. The molecule has 0 N–H and O–H groups in total. The number of benzene rings is 8. The Morgan fingerprint density at radius 1 is 0.382 bits per heavy atom. The van der Waals surface area contributed by atoms with E-state index in [9.17, 15) is 0 Å². The molecule has 0 radical (unpaired) electrons. The summed E-state index contributed by atoms with van der Waals surface area (Å²) in [4.78, 5) is 3.84. The zero-order valence-electron chi connectivity index (χ0n) is 31.0. The van der Waals surface area contributed by atoms with Gasteiger partial charge in [0.15, 0.2) is 14.7 Å². The lowest BCUT2D eigenvalue weighted by atomic mass is 9.13. The zero-order chi connectivity index (χ0) is 37.6. The summed E-state index contributed by atoms with van der Waals surface area (Å²) in [6, 6.07) is 75.7. The van der Waals surface area contributed by atoms with Gasteiger partial charge in [0.1, 0.15) is 17.3 Å². The normalized spacial score (nSPS) is 11.3. The van der Waals surface area contributed by atoms with Gasteiger partial charge in [-0.05, 0) is 62.4 Å². The van der Waals surface area contributed by atoms with Crippen molar-refractivity contribution < 1.29 is 4.42 Å². The summed E-state index contributed by atoms with van der Waals surface area (Å²) >= 11 is 5.85. The van der Waals surface area contributed by atoms with Gasteiger partial charge in [0.2, 0.25) is 0 Å². The first-order valence-electron chi connectivity index (χ1n) is 18.7. The molecule has 9 aromatic rings. The molecule has 0 atom stereocenters. The largest absolute Gasteiger partial charge is 0.456 e. The summed E-state index contributed by atoms with van der Waals surface area (Å²) in [5, 5.41) is 1.99. The Balaban J connectivity index is 0.000000158. The van der Waals surface area contributed by atoms with Gasteiger partial charge in [-0.2, -0.15) is 21.9 Å². The van der Waals surface area contributed by atoms with Gasteiger partial charge in [-0.1, -0.05) is 181 Å². The topological polar surface area (TPSA) is 13.1 Å². The Kier molecular flexibility index (Phi) is 10.6. The van der Waals surface area contributed by atoms with Crippen LogP contribution in [0.3, 0.4) is 0 Å². The molecule has 0 aliphatic carbocycles. The SMILES string of the molecule is Cc1ccc([S+](c2ccc(C)cc2)c2ccc3oc4ccccc4c(=S)c3c2)cc1.c1ccc([B-](c2ccccc2)(c2ccccc2)c2ccccc2)cc1. The van der Waals surface area contributed by atoms with Gasteiger partial charge in [0.05, 0.1) is 15.4 Å². The molecule has 1 heterocycles. The van der Waals surface area contributed by atoms with Gasteiger partial charge in [-0.25, -0.2) is 0 Å². The lowest BCUT2D eigenvalue weighted by Gasteiger charge is -2.44. The predicted molar refractivity (Wildman–Crippen MR) is 239 cm³/mol. The third kappa shape index (κ3) is 7.32. The second-order valence-electron chi connectivity index (χ2n) is 14.0. The van der Waals surface area contributed by atoms with Gasteiger partial charge in [0, 0.05) is 16.8 Å². The van der Waals surface area contributed by atoms with Crippen LogP contribution in [-0.4, -0.2) is 6.15 Å². The van der Waals surface area contributed by atoms with Crippen molar-refractivity contribution in [1.29, 1.82) is 0 Å². The van der Waals surface area contributed by atoms with Crippen LogP contribution in [0.4, 0.5) is 0 Å². The molecule has 0 fully saturated rings. The van der Waals surface area contributed by atoms with E-state index in [0.717, 1.165) is 26.4 Å². The molecule has 0 amide bonds. The quantitative estimate of drug-likeness (QED) is 0.0698. The Morgan fingerprint density at radius 3 is 1.18 bits per heavy atom. The number of aryl methyl sites for hydroxylation is 2. The third-order valence-corrected chi connectivity index (χ3v) is 13.1. The van der Waals surface area contributed by atoms with E-state index >= 15 is 0 Å². The Morgan fingerprint density at radius 2 is 0.745 bits per heavy atom. The van der Waals surface area contributed by atoms with Crippen LogP contribution in [0.25, 0.3) is 21.9 Å². The lowest BCUT2D eigenvalue weighted by molar-refractivity contribution is 0.660. The van der Waals surface area contributed by atoms with Crippen LogP contribution >= 0.6 is 12.2 Å². The molecule has 1 aromatic heterocycles. The summed E-state index contributed by atoms with van der Waals surface area (Å²) in [6.45, 7) is 4.25. The van der Waals surface area contributed by atoms with Crippen molar-refractivity contribution >= 4 is 73.0 Å². The summed E-state index contributed by atoms with van der Waals surface area (Å²) < 4.78 is 6.99. The number of fused-ring (bicyclic) bond motifs is 2. The number of hydrogen-bond acceptors (Lipinski definition) is 2. The van der Waals surface area contributed by atoms with E-state index in [-0.39, 0.29) is 10.9 Å². The van der Waals surface area contributed by atoms with E-state index in [1.807, 2.05) is 24.3 Å². The van der Waals surface area contributed by atoms with E-state index in [4.69, 9.17) is 16.6 Å². The second-order valence-corrected chi connectivity index (χ2v) is 16.5. The van der Waals surface area contributed by atoms with E-state index < -0.39 is 6.15 Å². The van der Waals surface area contributed by atoms with Crippen LogP contribution in [0.15, 0.2) is 231 Å². The minimum absolute atomic E-state index is 0.217. The van der Waals surface area contributed by atoms with Gasteiger partial charge >= 0.3 is 0 Å². The van der Waals surface area contributed by atoms with Gasteiger partial charge in [0.25, 0.3) is 0 Å². The molecule has 8 aromatic carbocycles. The van der Waals surface area contributed by atoms with Crippen molar-refractivity contribution in [3.05, 3.63) is 228 Å². The molecule has 0 aliphatic heterocycles. The number of hydrogen-bond donors (Lipinski definition) is 0. The zero-order valence-corrected chi connectivity index (χ0v) is 32.6. The minimum atomic E-state index is -1.22. The monoisotopic (exact) mass is 744 g/mol. The van der Waals surface area contributed by atoms with Crippen molar-refractivity contribution in [3.63, 3.8) is 0 Å². The molecule has 55 heavy (non-hydrogen) atoms. The fourth-order valence-corrected chi connectivity index (χ4v) is 10.2. The van der Waals surface area contributed by atoms with Crippen LogP contribution in [-0.2, 0) is 10.9 Å². The molecular weight excluding hydrogens is 704 g/mol. The van der Waals surface area contributed by atoms with Crippen LogP contribution in [0.1, 0.15) is 11.1 Å². The maximum absolute atomic E-state index is 6.14. The lowest BCUT2D eigenvalue weighted by Crippen LogP contribution is -2.74. The van der Waals surface area contributed by atoms with Crippen LogP contribution in [0.2, 0.25) is 0 Å². The van der Waals surface area contributed by atoms with Crippen molar-refractivity contribution in [2.24, 2.45) is 0 Å². The number of para-hydroxylation sites is 1. The van der Waals surface area contributed by atoms with Crippen molar-refractivity contribution in [3.8, 4) is 0 Å². The highest BCUT2D eigenvalue weighted by Crippen LogP contribution is 2.35. The third-order valence-electron chi connectivity index (χ3n) is 10.5. The van der Waals surface area contributed by atoms with Crippen LogP contribution in [0, 0.1) is 18.4 Å². The van der Waals surface area contributed by atoms with Crippen LogP contribution < -0.4 is 21.9 Å². The maximum Gasteiger partial charge on any atom is 0.167 e. The van der Waals surface area contributed by atoms with Gasteiger partial charge in [-0.3, -0.25) is 0 Å². The molecule has 0 saturated heterocycles. The fraction of sp³-hybridized carbons (Fsp3) is 0.0392. The smallest absolute Gasteiger partial charge is 0.167 e. The average molecular weight is 745 g/mol. The molecule has 1 nitrogen and oxygen atoms in total. The first-order chi connectivity index (χ1) is 27.0. The average Bonchev–Trinajstić information content (AvgIpc) is 3.25. The molecule has 0 bridgehead atoms. The summed E-state index contributed by atoms with van der Waals surface area (Å²) in [7, 11) is -0.217. The van der Waals surface area contributed by atoms with Crippen molar-refractivity contribution in [1.82, 2.24) is 0 Å². The Hall–Kier alpha value is -5.94.